The van der Waals surface area contributed by atoms with Gasteiger partial charge < -0.3 is 5.32 Å². The van der Waals surface area contributed by atoms with Gasteiger partial charge in [0.25, 0.3) is 0 Å². The van der Waals surface area contributed by atoms with E-state index in [4.69, 9.17) is 0 Å². The topological polar surface area (TPSA) is 32.3 Å². The van der Waals surface area contributed by atoms with E-state index in [1.165, 1.54) is 11.6 Å². The van der Waals surface area contributed by atoms with Crippen LogP contribution in [0.2, 0.25) is 0 Å². The standard InChI is InChI=1S/C20H25FN2O/c1-14(2)17-8-6-16(7-9-17)12-23(4)13-20(24)22-19-10-5-15(3)11-18(19)21/h5-11,14H,12-13H2,1-4H3,(H,22,24). The van der Waals surface area contributed by atoms with Crippen LogP contribution in [0.4, 0.5) is 10.1 Å². The Balaban J connectivity index is 1.89. The summed E-state index contributed by atoms with van der Waals surface area (Å²) in [5.41, 5.74) is 3.50. The van der Waals surface area contributed by atoms with E-state index in [0.717, 1.165) is 11.1 Å². The molecule has 0 atom stereocenters. The van der Waals surface area contributed by atoms with Gasteiger partial charge in [-0.05, 0) is 48.7 Å². The summed E-state index contributed by atoms with van der Waals surface area (Å²) in [6.45, 7) is 7.01. The van der Waals surface area contributed by atoms with E-state index in [0.29, 0.717) is 12.5 Å². The second-order valence-electron chi connectivity index (χ2n) is 6.60. The highest BCUT2D eigenvalue weighted by molar-refractivity contribution is 5.92. The first kappa shape index (κ1) is 18.1. The maximum absolute atomic E-state index is 13.8. The number of likely N-dealkylation sites (N-methyl/N-ethyl adjacent to an activating group) is 1. The van der Waals surface area contributed by atoms with Crippen LogP contribution in [0.25, 0.3) is 0 Å². The van der Waals surface area contributed by atoms with Crippen LogP contribution in [0.3, 0.4) is 0 Å². The van der Waals surface area contributed by atoms with Gasteiger partial charge in [0.05, 0.1) is 12.2 Å². The minimum Gasteiger partial charge on any atom is -0.322 e. The zero-order valence-electron chi connectivity index (χ0n) is 14.8. The minimum atomic E-state index is -0.407. The number of carbonyl (C=O) groups excluding carboxylic acids is 1. The number of rotatable bonds is 6. The molecule has 128 valence electrons. The number of aryl methyl sites for hydroxylation is 1. The average Bonchev–Trinajstić information content (AvgIpc) is 2.50. The van der Waals surface area contributed by atoms with E-state index in [1.807, 2.05) is 18.9 Å². The number of carbonyl (C=O) groups is 1. The van der Waals surface area contributed by atoms with Crippen molar-refractivity contribution < 1.29 is 9.18 Å². The molecule has 24 heavy (non-hydrogen) atoms. The van der Waals surface area contributed by atoms with Gasteiger partial charge in [0.15, 0.2) is 0 Å². The molecule has 0 bridgehead atoms. The molecule has 0 radical (unpaired) electrons. The summed E-state index contributed by atoms with van der Waals surface area (Å²) < 4.78 is 13.8. The van der Waals surface area contributed by atoms with E-state index in [9.17, 15) is 9.18 Å². The van der Waals surface area contributed by atoms with Gasteiger partial charge in [0, 0.05) is 6.54 Å². The average molecular weight is 328 g/mol. The van der Waals surface area contributed by atoms with Gasteiger partial charge >= 0.3 is 0 Å². The Morgan fingerprint density at radius 1 is 1.17 bits per heavy atom. The van der Waals surface area contributed by atoms with Gasteiger partial charge in [-0.2, -0.15) is 0 Å². The third-order valence-electron chi connectivity index (χ3n) is 3.91. The molecule has 0 aromatic heterocycles. The van der Waals surface area contributed by atoms with Crippen LogP contribution in [0, 0.1) is 12.7 Å². The van der Waals surface area contributed by atoms with Crippen molar-refractivity contribution in [2.24, 2.45) is 0 Å². The Labute approximate surface area is 143 Å². The van der Waals surface area contributed by atoms with Crippen LogP contribution < -0.4 is 5.32 Å². The molecule has 0 saturated carbocycles. The van der Waals surface area contributed by atoms with Crippen molar-refractivity contribution in [3.05, 3.63) is 65.0 Å². The number of anilines is 1. The van der Waals surface area contributed by atoms with Crippen LogP contribution in [-0.4, -0.2) is 24.4 Å². The van der Waals surface area contributed by atoms with Crippen molar-refractivity contribution in [2.75, 3.05) is 18.9 Å². The largest absolute Gasteiger partial charge is 0.322 e. The Bertz CT molecular complexity index is 695. The van der Waals surface area contributed by atoms with Gasteiger partial charge in [0.2, 0.25) is 5.91 Å². The summed E-state index contributed by atoms with van der Waals surface area (Å²) in [5.74, 6) is -0.124. The molecule has 2 aromatic carbocycles. The maximum atomic E-state index is 13.8. The van der Waals surface area contributed by atoms with Crippen molar-refractivity contribution in [3.8, 4) is 0 Å². The van der Waals surface area contributed by atoms with E-state index in [2.05, 4.69) is 43.4 Å². The first-order valence-electron chi connectivity index (χ1n) is 8.18. The lowest BCUT2D eigenvalue weighted by Gasteiger charge is -2.17. The Morgan fingerprint density at radius 3 is 2.42 bits per heavy atom. The highest BCUT2D eigenvalue weighted by Crippen LogP contribution is 2.16. The first-order chi connectivity index (χ1) is 11.3. The lowest BCUT2D eigenvalue weighted by molar-refractivity contribution is -0.117. The zero-order valence-corrected chi connectivity index (χ0v) is 14.8. The van der Waals surface area contributed by atoms with Crippen molar-refractivity contribution in [3.63, 3.8) is 0 Å². The quantitative estimate of drug-likeness (QED) is 0.856. The molecule has 0 fully saturated rings. The number of halogens is 1. The molecular weight excluding hydrogens is 303 g/mol. The molecule has 0 saturated heterocycles. The predicted octanol–water partition coefficient (Wildman–Crippen LogP) is 4.33. The van der Waals surface area contributed by atoms with Crippen molar-refractivity contribution in [1.82, 2.24) is 4.90 Å². The molecular formula is C20H25FN2O. The second kappa shape index (κ2) is 8.06. The summed E-state index contributed by atoms with van der Waals surface area (Å²) in [5, 5.41) is 2.62. The number of nitrogens with one attached hydrogen (secondary N) is 1. The van der Waals surface area contributed by atoms with Crippen LogP contribution in [-0.2, 0) is 11.3 Å². The van der Waals surface area contributed by atoms with E-state index >= 15 is 0 Å². The summed E-state index contributed by atoms with van der Waals surface area (Å²) in [4.78, 5) is 14.0. The highest BCUT2D eigenvalue weighted by Gasteiger charge is 2.10. The van der Waals surface area contributed by atoms with E-state index in [1.54, 1.807) is 12.1 Å². The van der Waals surface area contributed by atoms with E-state index < -0.39 is 5.82 Å². The molecule has 0 aliphatic heterocycles. The number of benzene rings is 2. The third kappa shape index (κ3) is 5.17. The number of hydrogen-bond acceptors (Lipinski definition) is 2. The highest BCUT2D eigenvalue weighted by atomic mass is 19.1. The summed E-state index contributed by atoms with van der Waals surface area (Å²) in [7, 11) is 1.88. The lowest BCUT2D eigenvalue weighted by Crippen LogP contribution is -2.30. The molecule has 2 rings (SSSR count). The molecule has 3 nitrogen and oxygen atoms in total. The fourth-order valence-electron chi connectivity index (χ4n) is 2.53. The molecule has 0 spiro atoms. The van der Waals surface area contributed by atoms with E-state index in [-0.39, 0.29) is 18.1 Å². The first-order valence-corrected chi connectivity index (χ1v) is 8.18. The normalized spacial score (nSPS) is 11.1. The molecule has 1 N–H and O–H groups in total. The van der Waals surface area contributed by atoms with Gasteiger partial charge in [-0.25, -0.2) is 4.39 Å². The van der Waals surface area contributed by atoms with Crippen molar-refractivity contribution in [1.29, 1.82) is 0 Å². The van der Waals surface area contributed by atoms with Gasteiger partial charge in [0.1, 0.15) is 5.82 Å². The molecule has 0 unspecified atom stereocenters. The Hall–Kier alpha value is -2.20. The third-order valence-corrected chi connectivity index (χ3v) is 3.91. The van der Waals surface area contributed by atoms with Crippen LogP contribution in [0.5, 0.6) is 0 Å². The summed E-state index contributed by atoms with van der Waals surface area (Å²) in [6.07, 6.45) is 0. The fraction of sp³-hybridized carbons (Fsp3) is 0.350. The van der Waals surface area contributed by atoms with Gasteiger partial charge in [-0.15, -0.1) is 0 Å². The molecule has 1 amide bonds. The fourth-order valence-corrected chi connectivity index (χ4v) is 2.53. The maximum Gasteiger partial charge on any atom is 0.238 e. The molecule has 4 heteroatoms. The SMILES string of the molecule is Cc1ccc(NC(=O)CN(C)Cc2ccc(C(C)C)cc2)c(F)c1. The number of hydrogen-bond donors (Lipinski definition) is 1. The molecule has 0 aliphatic carbocycles. The van der Waals surface area contributed by atoms with Crippen molar-refractivity contribution in [2.45, 2.75) is 33.2 Å². The summed E-state index contributed by atoms with van der Waals surface area (Å²) >= 11 is 0. The molecule has 0 heterocycles. The lowest BCUT2D eigenvalue weighted by atomic mass is 10.0. The molecule has 2 aromatic rings. The number of amides is 1. The minimum absolute atomic E-state index is 0.208. The van der Waals surface area contributed by atoms with Crippen LogP contribution in [0.15, 0.2) is 42.5 Å². The molecule has 0 aliphatic rings. The smallest absolute Gasteiger partial charge is 0.238 e. The van der Waals surface area contributed by atoms with Crippen LogP contribution in [0.1, 0.15) is 36.5 Å². The zero-order chi connectivity index (χ0) is 17.7. The predicted molar refractivity (Wildman–Crippen MR) is 96.6 cm³/mol. The van der Waals surface area contributed by atoms with Crippen molar-refractivity contribution >= 4 is 11.6 Å². The van der Waals surface area contributed by atoms with Gasteiger partial charge in [-0.3, -0.25) is 9.69 Å². The second-order valence-corrected chi connectivity index (χ2v) is 6.60. The van der Waals surface area contributed by atoms with Gasteiger partial charge in [-0.1, -0.05) is 44.2 Å². The Kier molecular flexibility index (Phi) is 6.10. The summed E-state index contributed by atoms with van der Waals surface area (Å²) in [6, 6.07) is 13.2. The van der Waals surface area contributed by atoms with Crippen LogP contribution >= 0.6 is 0 Å². The monoisotopic (exact) mass is 328 g/mol. The Morgan fingerprint density at radius 2 is 1.83 bits per heavy atom. The number of nitrogens with zero attached hydrogens (tertiary/aromatic N) is 1.